The molecule has 0 unspecified atom stereocenters. The Kier molecular flexibility index (Phi) is 5.68. The van der Waals surface area contributed by atoms with E-state index in [4.69, 9.17) is 0 Å². The molecule has 0 aliphatic rings. The maximum Gasteiger partial charge on any atom is 0.0509 e. The molecule has 0 radical (unpaired) electrons. The smallest absolute Gasteiger partial charge is 0.0509 e. The molecule has 0 aromatic carbocycles. The third-order valence-corrected chi connectivity index (χ3v) is 2.83. The van der Waals surface area contributed by atoms with Crippen LogP contribution < -0.4 is 0 Å². The maximum absolute atomic E-state index is 4.17. The zero-order chi connectivity index (χ0) is 8.15. The van der Waals surface area contributed by atoms with E-state index in [2.05, 4.69) is 44.6 Å². The van der Waals surface area contributed by atoms with Gasteiger partial charge in [0.1, 0.15) is 0 Å². The van der Waals surface area contributed by atoms with Gasteiger partial charge in [-0.2, -0.15) is 12.6 Å². The molecule has 0 aromatic heterocycles. The summed E-state index contributed by atoms with van der Waals surface area (Å²) < 4.78 is 2.35. The highest BCUT2D eigenvalue weighted by Crippen LogP contribution is 2.18. The molecule has 0 bridgehead atoms. The summed E-state index contributed by atoms with van der Waals surface area (Å²) in [4.78, 5) is 0. The van der Waals surface area contributed by atoms with Crippen LogP contribution in [0.5, 0.6) is 0 Å². The minimum Gasteiger partial charge on any atom is -0.245 e. The van der Waals surface area contributed by atoms with E-state index in [9.17, 15) is 0 Å². The van der Waals surface area contributed by atoms with Crippen molar-refractivity contribution in [3.8, 4) is 0 Å². The van der Waals surface area contributed by atoms with Crippen LogP contribution in [0.1, 0.15) is 27.7 Å². The van der Waals surface area contributed by atoms with Crippen LogP contribution in [-0.4, -0.2) is 21.5 Å². The largest absolute Gasteiger partial charge is 0.245 e. The topological polar surface area (TPSA) is 3.24 Å². The lowest BCUT2D eigenvalue weighted by Crippen LogP contribution is -2.30. The normalized spacial score (nSPS) is 12.0. The van der Waals surface area contributed by atoms with Crippen LogP contribution in [0.3, 0.4) is 0 Å². The van der Waals surface area contributed by atoms with Gasteiger partial charge in [-0.05, 0) is 27.7 Å². The van der Waals surface area contributed by atoms with Gasteiger partial charge >= 0.3 is 0 Å². The maximum atomic E-state index is 4.17. The van der Waals surface area contributed by atoms with Crippen molar-refractivity contribution in [1.29, 1.82) is 0 Å². The predicted octanol–water partition coefficient (Wildman–Crippen LogP) is 2.64. The first-order chi connectivity index (χ1) is 4.59. The first-order valence-corrected chi connectivity index (χ1v) is 5.19. The second-order valence-electron chi connectivity index (χ2n) is 2.81. The second kappa shape index (κ2) is 5.33. The van der Waals surface area contributed by atoms with Crippen LogP contribution in [0.2, 0.25) is 0 Å². The van der Waals surface area contributed by atoms with Crippen LogP contribution in [0.4, 0.5) is 0 Å². The van der Waals surface area contributed by atoms with Gasteiger partial charge < -0.3 is 0 Å². The minimum absolute atomic E-state index is 0.608. The van der Waals surface area contributed by atoms with Gasteiger partial charge in [0.25, 0.3) is 0 Å². The molecule has 10 heavy (non-hydrogen) atoms. The summed E-state index contributed by atoms with van der Waals surface area (Å²) in [6.45, 7) is 8.82. The van der Waals surface area contributed by atoms with Crippen molar-refractivity contribution < 1.29 is 0 Å². The lowest BCUT2D eigenvalue weighted by molar-refractivity contribution is 0.336. The highest BCUT2D eigenvalue weighted by Gasteiger charge is 2.11. The van der Waals surface area contributed by atoms with Gasteiger partial charge in [0.05, 0.1) is 5.08 Å². The third-order valence-electron chi connectivity index (χ3n) is 1.22. The van der Waals surface area contributed by atoms with Gasteiger partial charge in [0, 0.05) is 12.1 Å². The van der Waals surface area contributed by atoms with E-state index in [1.165, 1.54) is 0 Å². The first-order valence-electron chi connectivity index (χ1n) is 3.61. The summed E-state index contributed by atoms with van der Waals surface area (Å²) >= 11 is 5.96. The molecule has 0 aromatic rings. The summed E-state index contributed by atoms with van der Waals surface area (Å²) in [6.07, 6.45) is 0. The van der Waals surface area contributed by atoms with E-state index in [-0.39, 0.29) is 0 Å². The Hall–Kier alpha value is 0.660. The fourth-order valence-electron chi connectivity index (χ4n) is 0.961. The average molecular weight is 179 g/mol. The summed E-state index contributed by atoms with van der Waals surface area (Å²) in [6, 6.07) is 1.22. The molecule has 0 saturated heterocycles. The lowest BCUT2D eigenvalue weighted by Gasteiger charge is -2.28. The monoisotopic (exact) mass is 179 g/mol. The van der Waals surface area contributed by atoms with Gasteiger partial charge in [-0.25, -0.2) is 4.31 Å². The predicted molar refractivity (Wildman–Crippen MR) is 53.6 cm³/mol. The molecule has 62 valence electrons. The third kappa shape index (κ3) is 3.74. The summed E-state index contributed by atoms with van der Waals surface area (Å²) in [5, 5.41) is 0.871. The zero-order valence-corrected chi connectivity index (χ0v) is 8.88. The molecule has 0 rings (SSSR count). The van der Waals surface area contributed by atoms with Crippen LogP contribution in [-0.2, 0) is 0 Å². The van der Waals surface area contributed by atoms with Crippen LogP contribution in [0.25, 0.3) is 0 Å². The highest BCUT2D eigenvalue weighted by atomic mass is 32.2. The standard InChI is InChI=1S/C7H17NS2/c1-6(2)8(7(3)4)10-5-9/h6-7,9H,5H2,1-4H3. The number of hydrogen-bond donors (Lipinski definition) is 1. The van der Waals surface area contributed by atoms with Crippen LogP contribution >= 0.6 is 24.6 Å². The van der Waals surface area contributed by atoms with E-state index < -0.39 is 0 Å². The molecule has 0 aliphatic heterocycles. The van der Waals surface area contributed by atoms with Crippen molar-refractivity contribution in [2.45, 2.75) is 39.8 Å². The van der Waals surface area contributed by atoms with Crippen molar-refractivity contribution in [3.63, 3.8) is 0 Å². The Labute approximate surface area is 74.1 Å². The highest BCUT2D eigenvalue weighted by molar-refractivity contribution is 8.07. The molecule has 0 atom stereocenters. The second-order valence-corrected chi connectivity index (χ2v) is 4.52. The Morgan fingerprint density at radius 1 is 1.20 bits per heavy atom. The van der Waals surface area contributed by atoms with Crippen molar-refractivity contribution >= 4 is 24.6 Å². The molecule has 0 amide bonds. The Balaban J connectivity index is 3.73. The van der Waals surface area contributed by atoms with E-state index >= 15 is 0 Å². The molecule has 3 heteroatoms. The molecular formula is C7H17NS2. The number of thiol groups is 1. The van der Waals surface area contributed by atoms with Crippen molar-refractivity contribution in [2.75, 3.05) is 5.08 Å². The molecular weight excluding hydrogens is 162 g/mol. The zero-order valence-electron chi connectivity index (χ0n) is 7.16. The van der Waals surface area contributed by atoms with Gasteiger partial charge in [-0.15, -0.1) is 0 Å². The Bertz CT molecular complexity index is 75.7. The van der Waals surface area contributed by atoms with E-state index in [1.54, 1.807) is 11.9 Å². The molecule has 0 saturated carbocycles. The molecule has 0 fully saturated rings. The van der Waals surface area contributed by atoms with Crippen LogP contribution in [0.15, 0.2) is 0 Å². The number of hydrogen-bond acceptors (Lipinski definition) is 3. The average Bonchev–Trinajstić information content (AvgIpc) is 1.81. The van der Waals surface area contributed by atoms with E-state index in [0.717, 1.165) is 5.08 Å². The van der Waals surface area contributed by atoms with E-state index in [0.29, 0.717) is 12.1 Å². The SMILES string of the molecule is CC(C)N(SCS)C(C)C. The molecule has 0 heterocycles. The van der Waals surface area contributed by atoms with Gasteiger partial charge in [-0.3, -0.25) is 0 Å². The van der Waals surface area contributed by atoms with E-state index in [1.807, 2.05) is 0 Å². The van der Waals surface area contributed by atoms with Crippen molar-refractivity contribution in [1.82, 2.24) is 4.31 Å². The van der Waals surface area contributed by atoms with Crippen molar-refractivity contribution in [3.05, 3.63) is 0 Å². The number of nitrogens with zero attached hydrogens (tertiary/aromatic N) is 1. The summed E-state index contributed by atoms with van der Waals surface area (Å²) in [5.41, 5.74) is 0. The Morgan fingerprint density at radius 2 is 1.60 bits per heavy atom. The number of rotatable bonds is 4. The van der Waals surface area contributed by atoms with Crippen molar-refractivity contribution in [2.24, 2.45) is 0 Å². The van der Waals surface area contributed by atoms with Gasteiger partial charge in [0.2, 0.25) is 0 Å². The summed E-state index contributed by atoms with van der Waals surface area (Å²) in [7, 11) is 0. The fraction of sp³-hybridized carbons (Fsp3) is 1.00. The van der Waals surface area contributed by atoms with Gasteiger partial charge in [0.15, 0.2) is 0 Å². The molecule has 0 N–H and O–H groups in total. The quantitative estimate of drug-likeness (QED) is 0.401. The Morgan fingerprint density at radius 3 is 1.70 bits per heavy atom. The minimum atomic E-state index is 0.608. The van der Waals surface area contributed by atoms with Crippen LogP contribution in [0, 0.1) is 0 Å². The summed E-state index contributed by atoms with van der Waals surface area (Å²) in [5.74, 6) is 0. The molecule has 0 spiro atoms. The molecule has 0 aliphatic carbocycles. The fourth-order valence-corrected chi connectivity index (χ4v) is 2.09. The first kappa shape index (κ1) is 10.7. The molecule has 1 nitrogen and oxygen atoms in total. The van der Waals surface area contributed by atoms with Gasteiger partial charge in [-0.1, -0.05) is 11.9 Å². The lowest BCUT2D eigenvalue weighted by atomic mass is 10.3.